The van der Waals surface area contributed by atoms with Gasteiger partial charge in [-0.1, -0.05) is 41.4 Å². The van der Waals surface area contributed by atoms with Crippen LogP contribution in [-0.4, -0.2) is 43.9 Å². The highest BCUT2D eigenvalue weighted by Crippen LogP contribution is 2.29. The van der Waals surface area contributed by atoms with E-state index in [1.807, 2.05) is 24.3 Å². The predicted molar refractivity (Wildman–Crippen MR) is 109 cm³/mol. The van der Waals surface area contributed by atoms with E-state index < -0.39 is 10.0 Å². The van der Waals surface area contributed by atoms with Gasteiger partial charge >= 0.3 is 0 Å². The molecule has 1 aliphatic heterocycles. The molecular weight excluding hydrogens is 405 g/mol. The number of fused-ring (bicyclic) bond motifs is 1. The van der Waals surface area contributed by atoms with E-state index in [-0.39, 0.29) is 4.90 Å². The number of piperazine rings is 1. The van der Waals surface area contributed by atoms with Gasteiger partial charge in [0.05, 0.1) is 15.6 Å². The van der Waals surface area contributed by atoms with Crippen molar-refractivity contribution in [3.63, 3.8) is 0 Å². The Bertz CT molecular complexity index is 1090. The molecule has 2 heterocycles. The van der Waals surface area contributed by atoms with E-state index in [0.29, 0.717) is 41.7 Å². The second kappa shape index (κ2) is 7.28. The molecule has 2 aromatic carbocycles. The van der Waals surface area contributed by atoms with Crippen LogP contribution in [0.3, 0.4) is 0 Å². The minimum Gasteiger partial charge on any atom is -0.369 e. The molecule has 5 nitrogen and oxygen atoms in total. The van der Waals surface area contributed by atoms with Gasteiger partial charge in [0.15, 0.2) is 0 Å². The molecule has 0 N–H and O–H groups in total. The molecule has 0 radical (unpaired) electrons. The third-order valence-corrected chi connectivity index (χ3v) is 7.39. The maximum absolute atomic E-state index is 13.2. The van der Waals surface area contributed by atoms with Crippen LogP contribution in [0.2, 0.25) is 10.0 Å². The van der Waals surface area contributed by atoms with Crippen LogP contribution >= 0.6 is 23.2 Å². The van der Waals surface area contributed by atoms with Crippen molar-refractivity contribution >= 4 is 49.8 Å². The molecule has 0 atom stereocenters. The molecule has 1 aliphatic rings. The molecule has 0 saturated carbocycles. The lowest BCUT2D eigenvalue weighted by Crippen LogP contribution is -2.48. The molecule has 140 valence electrons. The first kappa shape index (κ1) is 18.5. The molecule has 1 saturated heterocycles. The van der Waals surface area contributed by atoms with Gasteiger partial charge in [0, 0.05) is 43.4 Å². The largest absolute Gasteiger partial charge is 0.369 e. The fourth-order valence-electron chi connectivity index (χ4n) is 3.29. The number of hydrogen-bond donors (Lipinski definition) is 0. The van der Waals surface area contributed by atoms with Crippen molar-refractivity contribution in [2.45, 2.75) is 4.90 Å². The number of anilines is 1. The van der Waals surface area contributed by atoms with Gasteiger partial charge in [-0.15, -0.1) is 0 Å². The van der Waals surface area contributed by atoms with Gasteiger partial charge < -0.3 is 4.90 Å². The van der Waals surface area contributed by atoms with E-state index in [1.165, 1.54) is 4.31 Å². The van der Waals surface area contributed by atoms with E-state index in [9.17, 15) is 8.42 Å². The van der Waals surface area contributed by atoms with Crippen LogP contribution in [0, 0.1) is 0 Å². The first-order chi connectivity index (χ1) is 13.0. The topological polar surface area (TPSA) is 53.5 Å². The summed E-state index contributed by atoms with van der Waals surface area (Å²) < 4.78 is 27.9. The van der Waals surface area contributed by atoms with Crippen LogP contribution in [-0.2, 0) is 10.0 Å². The Hall–Kier alpha value is -1.86. The number of benzene rings is 2. The van der Waals surface area contributed by atoms with Gasteiger partial charge in [0.1, 0.15) is 4.90 Å². The lowest BCUT2D eigenvalue weighted by molar-refractivity contribution is 0.385. The second-order valence-corrected chi connectivity index (χ2v) is 9.04. The fourth-order valence-corrected chi connectivity index (χ4v) is 5.17. The number of hydrogen-bond acceptors (Lipinski definition) is 4. The molecule has 0 bridgehead atoms. The maximum Gasteiger partial charge on any atom is 0.245 e. The summed E-state index contributed by atoms with van der Waals surface area (Å²) in [6.45, 7) is 1.95. The molecule has 27 heavy (non-hydrogen) atoms. The summed E-state index contributed by atoms with van der Waals surface area (Å²) in [5, 5.41) is 1.81. The summed E-state index contributed by atoms with van der Waals surface area (Å²) in [5.41, 5.74) is 1.44. The molecule has 0 unspecified atom stereocenters. The normalized spacial score (nSPS) is 16.0. The smallest absolute Gasteiger partial charge is 0.245 e. The van der Waals surface area contributed by atoms with Crippen molar-refractivity contribution < 1.29 is 8.42 Å². The maximum atomic E-state index is 13.2. The van der Waals surface area contributed by atoms with Gasteiger partial charge in [-0.3, -0.25) is 4.98 Å². The zero-order valence-corrected chi connectivity index (χ0v) is 16.7. The lowest BCUT2D eigenvalue weighted by atomic mass is 10.2. The molecule has 4 rings (SSSR count). The van der Waals surface area contributed by atoms with Crippen molar-refractivity contribution in [3.8, 4) is 0 Å². The summed E-state index contributed by atoms with van der Waals surface area (Å²) in [4.78, 5) is 6.64. The average Bonchev–Trinajstić information content (AvgIpc) is 2.69. The number of aromatic nitrogens is 1. The number of para-hydroxylation sites is 1. The van der Waals surface area contributed by atoms with E-state index in [0.717, 1.165) is 11.1 Å². The minimum absolute atomic E-state index is 0.253. The van der Waals surface area contributed by atoms with Crippen molar-refractivity contribution in [2.75, 3.05) is 31.1 Å². The first-order valence-electron chi connectivity index (χ1n) is 8.51. The number of pyridine rings is 1. The quantitative estimate of drug-likeness (QED) is 0.639. The van der Waals surface area contributed by atoms with Gasteiger partial charge in [-0.05, 0) is 30.3 Å². The van der Waals surface area contributed by atoms with Crippen LogP contribution in [0.5, 0.6) is 0 Å². The van der Waals surface area contributed by atoms with E-state index >= 15 is 0 Å². The molecule has 1 fully saturated rings. The summed E-state index contributed by atoms with van der Waals surface area (Å²) in [6, 6.07) is 14.4. The number of sulfonamides is 1. The predicted octanol–water partition coefficient (Wildman–Crippen LogP) is 4.05. The molecule has 0 aliphatic carbocycles. The third kappa shape index (κ3) is 3.50. The standard InChI is InChI=1S/C19H17Cl2N3O2S/c20-16-7-6-15(13-17(16)21)23-9-11-24(12-10-23)27(25,26)18-5-1-3-14-4-2-8-22-19(14)18/h1-8,13H,9-12H2. The van der Waals surface area contributed by atoms with Gasteiger partial charge in [-0.2, -0.15) is 4.31 Å². The average molecular weight is 422 g/mol. The number of rotatable bonds is 3. The van der Waals surface area contributed by atoms with Crippen LogP contribution in [0.4, 0.5) is 5.69 Å². The summed E-state index contributed by atoms with van der Waals surface area (Å²) >= 11 is 12.1. The van der Waals surface area contributed by atoms with Crippen LogP contribution < -0.4 is 4.90 Å². The van der Waals surface area contributed by atoms with Crippen molar-refractivity contribution in [2.24, 2.45) is 0 Å². The van der Waals surface area contributed by atoms with Crippen LogP contribution in [0.25, 0.3) is 10.9 Å². The Morgan fingerprint density at radius 3 is 2.37 bits per heavy atom. The Balaban J connectivity index is 1.57. The first-order valence-corrected chi connectivity index (χ1v) is 10.7. The lowest BCUT2D eigenvalue weighted by Gasteiger charge is -2.35. The van der Waals surface area contributed by atoms with Gasteiger partial charge in [0.2, 0.25) is 10.0 Å². The monoisotopic (exact) mass is 421 g/mol. The van der Waals surface area contributed by atoms with Crippen molar-refractivity contribution in [1.29, 1.82) is 0 Å². The second-order valence-electron chi connectivity index (χ2n) is 6.32. The van der Waals surface area contributed by atoms with E-state index in [4.69, 9.17) is 23.2 Å². The third-order valence-electron chi connectivity index (χ3n) is 4.72. The summed E-state index contributed by atoms with van der Waals surface area (Å²) in [5.74, 6) is 0. The highest BCUT2D eigenvalue weighted by atomic mass is 35.5. The number of nitrogens with zero attached hydrogens (tertiary/aromatic N) is 3. The highest BCUT2D eigenvalue weighted by molar-refractivity contribution is 7.89. The molecule has 1 aromatic heterocycles. The molecule has 0 spiro atoms. The summed E-state index contributed by atoms with van der Waals surface area (Å²) in [7, 11) is -3.61. The van der Waals surface area contributed by atoms with E-state index in [2.05, 4.69) is 9.88 Å². The SMILES string of the molecule is O=S(=O)(c1cccc2cccnc12)N1CCN(c2ccc(Cl)c(Cl)c2)CC1. The minimum atomic E-state index is -3.61. The Morgan fingerprint density at radius 2 is 1.63 bits per heavy atom. The van der Waals surface area contributed by atoms with Gasteiger partial charge in [-0.25, -0.2) is 8.42 Å². The fraction of sp³-hybridized carbons (Fsp3) is 0.211. The molecule has 8 heteroatoms. The number of halogens is 2. The van der Waals surface area contributed by atoms with Crippen molar-refractivity contribution in [1.82, 2.24) is 9.29 Å². The zero-order chi connectivity index (χ0) is 19.0. The molecular formula is C19H17Cl2N3O2S. The Morgan fingerprint density at radius 1 is 0.889 bits per heavy atom. The highest BCUT2D eigenvalue weighted by Gasteiger charge is 2.30. The Kier molecular flexibility index (Phi) is 4.99. The van der Waals surface area contributed by atoms with Crippen LogP contribution in [0.15, 0.2) is 59.6 Å². The molecule has 3 aromatic rings. The summed E-state index contributed by atoms with van der Waals surface area (Å²) in [6.07, 6.45) is 1.61. The van der Waals surface area contributed by atoms with Crippen LogP contribution in [0.1, 0.15) is 0 Å². The molecule has 0 amide bonds. The zero-order valence-electron chi connectivity index (χ0n) is 14.3. The Labute approximate surface area is 168 Å². The van der Waals surface area contributed by atoms with Gasteiger partial charge in [0.25, 0.3) is 0 Å². The van der Waals surface area contributed by atoms with Crippen molar-refractivity contribution in [3.05, 3.63) is 64.8 Å². The van der Waals surface area contributed by atoms with E-state index in [1.54, 1.807) is 30.5 Å².